The van der Waals surface area contributed by atoms with Gasteiger partial charge in [-0.2, -0.15) is 0 Å². The zero-order valence-electron chi connectivity index (χ0n) is 15.2. The van der Waals surface area contributed by atoms with Crippen LogP contribution < -0.4 is 4.74 Å². The Morgan fingerprint density at radius 2 is 1.37 bits per heavy atom. The molecule has 0 unspecified atom stereocenters. The molecule has 0 bridgehead atoms. The third-order valence-corrected chi connectivity index (χ3v) is 5.32. The highest BCUT2D eigenvalue weighted by molar-refractivity contribution is 5.93. The van der Waals surface area contributed by atoms with Crippen LogP contribution >= 0.6 is 0 Å². The summed E-state index contributed by atoms with van der Waals surface area (Å²) in [5, 5.41) is 2.36. The minimum Gasteiger partial charge on any atom is -0.472 e. The van der Waals surface area contributed by atoms with Crippen molar-refractivity contribution in [1.82, 2.24) is 0 Å². The molecule has 0 radical (unpaired) electrons. The van der Waals surface area contributed by atoms with E-state index in [4.69, 9.17) is 4.74 Å². The molecule has 4 aromatic carbocycles. The number of rotatable bonds is 2. The quantitative estimate of drug-likeness (QED) is 0.402. The lowest BCUT2D eigenvalue weighted by Crippen LogP contribution is -2.34. The molecule has 0 fully saturated rings. The molecule has 0 N–H and O–H groups in total. The maximum atomic E-state index is 6.86. The largest absolute Gasteiger partial charge is 0.472 e. The standard InChI is InChI=1S/C26H20O/c1-19-12-15-24-21(18-19)14-13-20-16-17-26(27-25(20)24,22-8-4-2-5-9-22)23-10-6-3-7-11-23/h2-18H,1H3. The summed E-state index contributed by atoms with van der Waals surface area (Å²) < 4.78 is 6.86. The van der Waals surface area contributed by atoms with Crippen LogP contribution in [0.2, 0.25) is 0 Å². The van der Waals surface area contributed by atoms with Crippen LogP contribution in [0.5, 0.6) is 5.75 Å². The van der Waals surface area contributed by atoms with Gasteiger partial charge in [-0.1, -0.05) is 103 Å². The van der Waals surface area contributed by atoms with Crippen molar-refractivity contribution in [3.63, 3.8) is 0 Å². The van der Waals surface area contributed by atoms with E-state index in [0.29, 0.717) is 0 Å². The molecule has 0 saturated heterocycles. The Kier molecular flexibility index (Phi) is 3.61. The van der Waals surface area contributed by atoms with E-state index in [-0.39, 0.29) is 0 Å². The highest BCUT2D eigenvalue weighted by Gasteiger charge is 2.37. The summed E-state index contributed by atoms with van der Waals surface area (Å²) in [5.41, 5.74) is 4.00. The van der Waals surface area contributed by atoms with Crippen molar-refractivity contribution in [2.75, 3.05) is 0 Å². The first kappa shape index (κ1) is 15.9. The summed E-state index contributed by atoms with van der Waals surface area (Å²) in [6, 6.07) is 31.8. The molecule has 1 heterocycles. The normalized spacial score (nSPS) is 14.6. The van der Waals surface area contributed by atoms with E-state index in [9.17, 15) is 0 Å². The molecular weight excluding hydrogens is 328 g/mol. The Bertz CT molecular complexity index is 1100. The lowest BCUT2D eigenvalue weighted by molar-refractivity contribution is 0.163. The Morgan fingerprint density at radius 1 is 0.704 bits per heavy atom. The van der Waals surface area contributed by atoms with E-state index in [1.807, 2.05) is 12.1 Å². The average molecular weight is 348 g/mol. The monoisotopic (exact) mass is 348 g/mol. The van der Waals surface area contributed by atoms with Gasteiger partial charge in [-0.05, 0) is 18.4 Å². The zero-order valence-corrected chi connectivity index (χ0v) is 15.2. The molecule has 0 saturated carbocycles. The maximum Gasteiger partial charge on any atom is 0.178 e. The first-order valence-corrected chi connectivity index (χ1v) is 9.29. The second-order valence-corrected chi connectivity index (χ2v) is 7.11. The molecule has 0 atom stereocenters. The Hall–Kier alpha value is -3.32. The van der Waals surface area contributed by atoms with Gasteiger partial charge in [-0.15, -0.1) is 0 Å². The number of ether oxygens (including phenoxy) is 1. The van der Waals surface area contributed by atoms with Crippen molar-refractivity contribution < 1.29 is 4.74 Å². The Morgan fingerprint density at radius 3 is 2.04 bits per heavy atom. The number of aryl methyl sites for hydroxylation is 1. The zero-order chi connectivity index (χ0) is 18.3. The van der Waals surface area contributed by atoms with Gasteiger partial charge < -0.3 is 4.74 Å². The van der Waals surface area contributed by atoms with E-state index in [0.717, 1.165) is 27.8 Å². The van der Waals surface area contributed by atoms with Gasteiger partial charge in [0.05, 0.1) is 0 Å². The fourth-order valence-electron chi connectivity index (χ4n) is 3.93. The molecule has 1 aliphatic rings. The molecule has 4 aromatic rings. The van der Waals surface area contributed by atoms with Gasteiger partial charge >= 0.3 is 0 Å². The lowest BCUT2D eigenvalue weighted by Gasteiger charge is -2.36. The third kappa shape index (κ3) is 2.55. The first-order valence-electron chi connectivity index (χ1n) is 9.29. The van der Waals surface area contributed by atoms with E-state index >= 15 is 0 Å². The van der Waals surface area contributed by atoms with Crippen LogP contribution in [0.25, 0.3) is 16.8 Å². The second kappa shape index (κ2) is 6.14. The molecule has 0 aliphatic carbocycles. The van der Waals surface area contributed by atoms with Crippen LogP contribution in [0.1, 0.15) is 22.3 Å². The number of hydrogen-bond donors (Lipinski definition) is 0. The summed E-state index contributed by atoms with van der Waals surface area (Å²) in [5.74, 6) is 0.947. The third-order valence-electron chi connectivity index (χ3n) is 5.32. The Balaban J connectivity index is 1.77. The first-order chi connectivity index (χ1) is 13.3. The van der Waals surface area contributed by atoms with E-state index in [1.165, 1.54) is 10.9 Å². The predicted octanol–water partition coefficient (Wildman–Crippen LogP) is 6.50. The predicted molar refractivity (Wildman–Crippen MR) is 112 cm³/mol. The van der Waals surface area contributed by atoms with Gasteiger partial charge in [0.25, 0.3) is 0 Å². The van der Waals surface area contributed by atoms with Crippen LogP contribution in [0, 0.1) is 6.92 Å². The summed E-state index contributed by atoms with van der Waals surface area (Å²) in [4.78, 5) is 0. The second-order valence-electron chi connectivity index (χ2n) is 7.11. The smallest absolute Gasteiger partial charge is 0.178 e. The topological polar surface area (TPSA) is 9.23 Å². The summed E-state index contributed by atoms with van der Waals surface area (Å²) >= 11 is 0. The van der Waals surface area contributed by atoms with E-state index in [1.54, 1.807) is 0 Å². The average Bonchev–Trinajstić information content (AvgIpc) is 2.74. The van der Waals surface area contributed by atoms with Gasteiger partial charge in [-0.3, -0.25) is 0 Å². The molecule has 1 aliphatic heterocycles. The molecule has 5 rings (SSSR count). The number of fused-ring (bicyclic) bond motifs is 3. The summed E-state index contributed by atoms with van der Waals surface area (Å²) in [7, 11) is 0. The van der Waals surface area contributed by atoms with Gasteiger partial charge in [0.15, 0.2) is 5.60 Å². The Labute approximate surface area is 159 Å². The fourth-order valence-corrected chi connectivity index (χ4v) is 3.93. The van der Waals surface area contributed by atoms with E-state index in [2.05, 4.69) is 97.9 Å². The van der Waals surface area contributed by atoms with E-state index < -0.39 is 5.60 Å². The van der Waals surface area contributed by atoms with Gasteiger partial charge in [0.1, 0.15) is 5.75 Å². The minimum absolute atomic E-state index is 0.630. The lowest BCUT2D eigenvalue weighted by atomic mass is 9.83. The molecule has 27 heavy (non-hydrogen) atoms. The van der Waals surface area contributed by atoms with Gasteiger partial charge in [-0.25, -0.2) is 0 Å². The summed E-state index contributed by atoms with van der Waals surface area (Å²) in [6.45, 7) is 2.12. The fraction of sp³-hybridized carbons (Fsp3) is 0.0769. The van der Waals surface area contributed by atoms with Crippen molar-refractivity contribution in [2.45, 2.75) is 12.5 Å². The highest BCUT2D eigenvalue weighted by atomic mass is 16.5. The number of hydrogen-bond acceptors (Lipinski definition) is 1. The minimum atomic E-state index is -0.630. The van der Waals surface area contributed by atoms with Crippen LogP contribution in [0.15, 0.2) is 97.1 Å². The molecular formula is C26H20O. The number of benzene rings is 4. The van der Waals surface area contributed by atoms with Crippen molar-refractivity contribution >= 4 is 16.8 Å². The highest BCUT2D eigenvalue weighted by Crippen LogP contribution is 2.44. The molecule has 130 valence electrons. The maximum absolute atomic E-state index is 6.86. The van der Waals surface area contributed by atoms with Crippen LogP contribution in [-0.4, -0.2) is 0 Å². The van der Waals surface area contributed by atoms with Crippen molar-refractivity contribution in [2.24, 2.45) is 0 Å². The molecule has 0 amide bonds. The van der Waals surface area contributed by atoms with Gasteiger partial charge in [0.2, 0.25) is 0 Å². The van der Waals surface area contributed by atoms with Crippen LogP contribution in [0.4, 0.5) is 0 Å². The van der Waals surface area contributed by atoms with Crippen molar-refractivity contribution in [3.8, 4) is 5.75 Å². The molecule has 1 heteroatoms. The SMILES string of the molecule is Cc1ccc2c3c(ccc2c1)C=CC(c1ccccc1)(c1ccccc1)O3. The molecule has 1 nitrogen and oxygen atoms in total. The van der Waals surface area contributed by atoms with Crippen molar-refractivity contribution in [1.29, 1.82) is 0 Å². The summed E-state index contributed by atoms with van der Waals surface area (Å²) in [6.07, 6.45) is 4.37. The van der Waals surface area contributed by atoms with Crippen LogP contribution in [0.3, 0.4) is 0 Å². The van der Waals surface area contributed by atoms with Crippen molar-refractivity contribution in [3.05, 3.63) is 119 Å². The molecule has 0 aromatic heterocycles. The van der Waals surface area contributed by atoms with Crippen LogP contribution in [-0.2, 0) is 5.60 Å². The van der Waals surface area contributed by atoms with Gasteiger partial charge in [0, 0.05) is 22.1 Å². The molecule has 0 spiro atoms.